The molecule has 0 bridgehead atoms. The van der Waals surface area contributed by atoms with E-state index in [-0.39, 0.29) is 11.9 Å². The number of amides is 1. The van der Waals surface area contributed by atoms with Crippen molar-refractivity contribution >= 4 is 5.91 Å². The van der Waals surface area contributed by atoms with Crippen molar-refractivity contribution in [1.29, 1.82) is 0 Å². The molecule has 6 nitrogen and oxygen atoms in total. The third kappa shape index (κ3) is 5.18. The maximum Gasteiger partial charge on any atom is 0.251 e. The van der Waals surface area contributed by atoms with Crippen molar-refractivity contribution in [3.63, 3.8) is 0 Å². The summed E-state index contributed by atoms with van der Waals surface area (Å²) in [5.74, 6) is 1.96. The molecule has 6 heteroatoms. The topological polar surface area (TPSA) is 60.0 Å². The lowest BCUT2D eigenvalue weighted by atomic mass is 9.91. The van der Waals surface area contributed by atoms with E-state index in [9.17, 15) is 4.79 Å². The van der Waals surface area contributed by atoms with Crippen LogP contribution in [0.1, 0.15) is 38.7 Å². The Bertz CT molecular complexity index is 1140. The number of fused-ring (bicyclic) bond motifs is 1. The summed E-state index contributed by atoms with van der Waals surface area (Å²) in [7, 11) is 4.90. The fourth-order valence-electron chi connectivity index (χ4n) is 4.49. The number of carbonyl (C=O) groups is 1. The van der Waals surface area contributed by atoms with Crippen LogP contribution in [0, 0.1) is 6.92 Å². The normalized spacial score (nSPS) is 15.4. The number of ether oxygens (including phenoxy) is 3. The molecule has 1 N–H and O–H groups in total. The fraction of sp³-hybridized carbons (Fsp3) is 0.321. The predicted molar refractivity (Wildman–Crippen MR) is 133 cm³/mol. The van der Waals surface area contributed by atoms with Gasteiger partial charge in [-0.3, -0.25) is 9.69 Å². The number of hydrogen-bond donors (Lipinski definition) is 1. The molecule has 0 spiro atoms. The van der Waals surface area contributed by atoms with Crippen molar-refractivity contribution in [2.75, 3.05) is 34.4 Å². The van der Waals surface area contributed by atoms with Crippen molar-refractivity contribution in [2.45, 2.75) is 25.9 Å². The molecular formula is C28H32N2O4. The molecule has 4 rings (SSSR count). The Morgan fingerprint density at radius 3 is 2.41 bits per heavy atom. The number of aryl methyl sites for hydroxylation is 1. The fourth-order valence-corrected chi connectivity index (χ4v) is 4.49. The second-order valence-electron chi connectivity index (χ2n) is 8.57. The molecule has 1 atom stereocenters. The van der Waals surface area contributed by atoms with Crippen LogP contribution in [0.3, 0.4) is 0 Å². The second-order valence-corrected chi connectivity index (χ2v) is 8.57. The first kappa shape index (κ1) is 23.6. The summed E-state index contributed by atoms with van der Waals surface area (Å²) < 4.78 is 16.4. The SMILES string of the molecule is COc1cccc(C(=O)NC[C@H]2c3cc(OC)c(OC)cc3CCN2Cc2ccc(C)cc2)c1. The summed E-state index contributed by atoms with van der Waals surface area (Å²) in [5, 5.41) is 3.14. The highest BCUT2D eigenvalue weighted by molar-refractivity contribution is 5.94. The zero-order chi connectivity index (χ0) is 24.1. The van der Waals surface area contributed by atoms with Crippen LogP contribution in [-0.4, -0.2) is 45.2 Å². The molecule has 1 aliphatic heterocycles. The minimum absolute atomic E-state index is 0.000540. The van der Waals surface area contributed by atoms with Gasteiger partial charge < -0.3 is 19.5 Å². The minimum atomic E-state index is -0.123. The highest BCUT2D eigenvalue weighted by Crippen LogP contribution is 2.38. The molecule has 0 unspecified atom stereocenters. The average molecular weight is 461 g/mol. The molecule has 0 radical (unpaired) electrons. The molecule has 3 aromatic rings. The van der Waals surface area contributed by atoms with Gasteiger partial charge in [0, 0.05) is 25.2 Å². The molecular weight excluding hydrogens is 428 g/mol. The van der Waals surface area contributed by atoms with Crippen LogP contribution in [-0.2, 0) is 13.0 Å². The second kappa shape index (κ2) is 10.6. The summed E-state index contributed by atoms with van der Waals surface area (Å²) in [4.78, 5) is 15.4. The summed E-state index contributed by atoms with van der Waals surface area (Å²) in [5.41, 5.74) is 5.44. The number of nitrogens with zero attached hydrogens (tertiary/aromatic N) is 1. The predicted octanol–water partition coefficient (Wildman–Crippen LogP) is 4.55. The van der Waals surface area contributed by atoms with Crippen LogP contribution < -0.4 is 19.5 Å². The van der Waals surface area contributed by atoms with Crippen molar-refractivity contribution in [3.05, 3.63) is 88.5 Å². The van der Waals surface area contributed by atoms with E-state index >= 15 is 0 Å². The van der Waals surface area contributed by atoms with Gasteiger partial charge in [-0.25, -0.2) is 0 Å². The largest absolute Gasteiger partial charge is 0.497 e. The van der Waals surface area contributed by atoms with E-state index in [0.717, 1.165) is 30.8 Å². The Balaban J connectivity index is 1.62. The van der Waals surface area contributed by atoms with Gasteiger partial charge in [-0.15, -0.1) is 0 Å². The molecule has 1 amide bonds. The highest BCUT2D eigenvalue weighted by atomic mass is 16.5. The van der Waals surface area contributed by atoms with Gasteiger partial charge in [0.2, 0.25) is 0 Å². The number of benzene rings is 3. The Labute approximate surface area is 201 Å². The molecule has 1 aliphatic rings. The van der Waals surface area contributed by atoms with Crippen LogP contribution in [0.25, 0.3) is 0 Å². The summed E-state index contributed by atoms with van der Waals surface area (Å²) in [6.45, 7) is 4.26. The van der Waals surface area contributed by atoms with Crippen molar-refractivity contribution in [1.82, 2.24) is 10.2 Å². The third-order valence-electron chi connectivity index (χ3n) is 6.41. The standard InChI is InChI=1S/C28H32N2O4/c1-19-8-10-20(11-9-19)18-30-13-12-21-15-26(33-3)27(34-4)16-24(21)25(30)17-29-28(31)22-6-5-7-23(14-22)32-2/h5-11,14-16,25H,12-13,17-18H2,1-4H3,(H,29,31)/t25-/m0/s1. The first-order chi connectivity index (χ1) is 16.5. The van der Waals surface area contributed by atoms with Gasteiger partial charge in [0.05, 0.1) is 27.4 Å². The van der Waals surface area contributed by atoms with E-state index in [0.29, 0.717) is 23.6 Å². The van der Waals surface area contributed by atoms with Gasteiger partial charge in [0.1, 0.15) is 5.75 Å². The zero-order valence-electron chi connectivity index (χ0n) is 20.3. The van der Waals surface area contributed by atoms with E-state index < -0.39 is 0 Å². The summed E-state index contributed by atoms with van der Waals surface area (Å²) >= 11 is 0. The lowest BCUT2D eigenvalue weighted by Gasteiger charge is -2.38. The van der Waals surface area contributed by atoms with Crippen molar-refractivity contribution in [2.24, 2.45) is 0 Å². The van der Waals surface area contributed by atoms with Crippen molar-refractivity contribution in [3.8, 4) is 17.2 Å². The maximum absolute atomic E-state index is 13.0. The van der Waals surface area contributed by atoms with Crippen molar-refractivity contribution < 1.29 is 19.0 Å². The lowest BCUT2D eigenvalue weighted by Crippen LogP contribution is -2.41. The molecule has 0 fully saturated rings. The Hall–Kier alpha value is -3.51. The maximum atomic E-state index is 13.0. The van der Waals surface area contributed by atoms with E-state index in [1.54, 1.807) is 33.5 Å². The number of rotatable bonds is 8. The zero-order valence-corrected chi connectivity index (χ0v) is 20.3. The summed E-state index contributed by atoms with van der Waals surface area (Å²) in [6.07, 6.45) is 0.905. The first-order valence-electron chi connectivity index (χ1n) is 11.5. The Kier molecular flexibility index (Phi) is 7.38. The monoisotopic (exact) mass is 460 g/mol. The van der Waals surface area contributed by atoms with Gasteiger partial charge in [-0.05, 0) is 60.4 Å². The van der Waals surface area contributed by atoms with E-state index in [1.165, 1.54) is 16.7 Å². The number of methoxy groups -OCH3 is 3. The van der Waals surface area contributed by atoms with E-state index in [2.05, 4.69) is 53.5 Å². The van der Waals surface area contributed by atoms with Crippen LogP contribution in [0.2, 0.25) is 0 Å². The summed E-state index contributed by atoms with van der Waals surface area (Å²) in [6, 6.07) is 19.9. The van der Waals surface area contributed by atoms with Crippen LogP contribution in [0.15, 0.2) is 60.7 Å². The quantitative estimate of drug-likeness (QED) is 0.534. The van der Waals surface area contributed by atoms with E-state index in [1.807, 2.05) is 12.1 Å². The number of carbonyl (C=O) groups excluding carboxylic acids is 1. The molecule has 0 aliphatic carbocycles. The first-order valence-corrected chi connectivity index (χ1v) is 11.5. The molecule has 0 saturated carbocycles. The Morgan fingerprint density at radius 2 is 1.71 bits per heavy atom. The number of nitrogens with one attached hydrogen (secondary N) is 1. The smallest absolute Gasteiger partial charge is 0.251 e. The van der Waals surface area contributed by atoms with Crippen LogP contribution >= 0.6 is 0 Å². The number of hydrogen-bond acceptors (Lipinski definition) is 5. The molecule has 0 saturated heterocycles. The van der Waals surface area contributed by atoms with Crippen LogP contribution in [0.4, 0.5) is 0 Å². The van der Waals surface area contributed by atoms with Gasteiger partial charge in [-0.2, -0.15) is 0 Å². The molecule has 1 heterocycles. The molecule has 3 aromatic carbocycles. The third-order valence-corrected chi connectivity index (χ3v) is 6.41. The molecule has 34 heavy (non-hydrogen) atoms. The molecule has 178 valence electrons. The van der Waals surface area contributed by atoms with Crippen LogP contribution in [0.5, 0.6) is 17.2 Å². The van der Waals surface area contributed by atoms with Gasteiger partial charge in [0.25, 0.3) is 5.91 Å². The van der Waals surface area contributed by atoms with Gasteiger partial charge in [0.15, 0.2) is 11.5 Å². The average Bonchev–Trinajstić information content (AvgIpc) is 2.88. The van der Waals surface area contributed by atoms with Gasteiger partial charge in [-0.1, -0.05) is 35.9 Å². The lowest BCUT2D eigenvalue weighted by molar-refractivity contribution is 0.0925. The minimum Gasteiger partial charge on any atom is -0.497 e. The van der Waals surface area contributed by atoms with Gasteiger partial charge >= 0.3 is 0 Å². The van der Waals surface area contributed by atoms with E-state index in [4.69, 9.17) is 14.2 Å². The highest BCUT2D eigenvalue weighted by Gasteiger charge is 2.29. The molecule has 0 aromatic heterocycles. The Morgan fingerprint density at radius 1 is 0.971 bits per heavy atom.